The fraction of sp³-hybridized carbons (Fsp3) is 0.562. The van der Waals surface area contributed by atoms with Gasteiger partial charge in [0.15, 0.2) is 5.82 Å². The largest absolute Gasteiger partial charge is 0.367 e. The number of hydrogen-bond acceptors (Lipinski definition) is 6. The van der Waals surface area contributed by atoms with Crippen LogP contribution in [-0.2, 0) is 17.2 Å². The van der Waals surface area contributed by atoms with Crippen LogP contribution in [0.3, 0.4) is 0 Å². The van der Waals surface area contributed by atoms with E-state index in [2.05, 4.69) is 31.1 Å². The number of rotatable bonds is 2. The van der Waals surface area contributed by atoms with Gasteiger partial charge in [0, 0.05) is 36.8 Å². The lowest BCUT2D eigenvalue weighted by Gasteiger charge is -2.32. The molecular formula is C16H22N4O2S. The minimum absolute atomic E-state index is 0.0278. The Morgan fingerprint density at radius 3 is 2.87 bits per heavy atom. The molecular weight excluding hydrogens is 312 g/mol. The maximum absolute atomic E-state index is 12.3. The summed E-state index contributed by atoms with van der Waals surface area (Å²) in [6.45, 7) is 8.28. The van der Waals surface area contributed by atoms with E-state index in [1.165, 1.54) is 0 Å². The van der Waals surface area contributed by atoms with Gasteiger partial charge in [0.05, 0.1) is 18.8 Å². The topological polar surface area (TPSA) is 60.3 Å². The van der Waals surface area contributed by atoms with Crippen LogP contribution in [-0.4, -0.2) is 34.2 Å². The molecule has 1 aliphatic rings. The van der Waals surface area contributed by atoms with Crippen LogP contribution in [0.4, 0.5) is 5.82 Å². The second kappa shape index (κ2) is 6.05. The summed E-state index contributed by atoms with van der Waals surface area (Å²) in [5.74, 6) is 0.482. The highest BCUT2D eigenvalue weighted by molar-refractivity contribution is 7.09. The van der Waals surface area contributed by atoms with E-state index in [4.69, 9.17) is 9.72 Å². The van der Waals surface area contributed by atoms with Crippen molar-refractivity contribution in [2.24, 2.45) is 7.05 Å². The molecule has 2 aromatic heterocycles. The van der Waals surface area contributed by atoms with Crippen LogP contribution in [0.1, 0.15) is 37.6 Å². The Balaban J connectivity index is 1.82. The first kappa shape index (κ1) is 16.1. The molecule has 0 amide bonds. The van der Waals surface area contributed by atoms with Gasteiger partial charge in [-0.2, -0.15) is 0 Å². The number of aryl methyl sites for hydroxylation is 1. The van der Waals surface area contributed by atoms with E-state index >= 15 is 0 Å². The van der Waals surface area contributed by atoms with Crippen molar-refractivity contribution in [3.8, 4) is 0 Å². The monoisotopic (exact) mass is 334 g/mol. The molecule has 23 heavy (non-hydrogen) atoms. The maximum atomic E-state index is 12.3. The van der Waals surface area contributed by atoms with Gasteiger partial charge in [0.1, 0.15) is 11.1 Å². The predicted molar refractivity (Wildman–Crippen MR) is 91.2 cm³/mol. The van der Waals surface area contributed by atoms with Crippen molar-refractivity contribution in [3.63, 3.8) is 0 Å². The summed E-state index contributed by atoms with van der Waals surface area (Å²) in [6, 6.07) is 0. The second-order valence-electron chi connectivity index (χ2n) is 6.79. The molecule has 0 aromatic carbocycles. The molecule has 3 rings (SSSR count). The molecule has 0 radical (unpaired) electrons. The summed E-state index contributed by atoms with van der Waals surface area (Å²) < 4.78 is 7.43. The Labute approximate surface area is 139 Å². The van der Waals surface area contributed by atoms with E-state index in [9.17, 15) is 4.79 Å². The van der Waals surface area contributed by atoms with Gasteiger partial charge >= 0.3 is 0 Å². The summed E-state index contributed by atoms with van der Waals surface area (Å²) in [5, 5.41) is 3.06. The molecule has 1 saturated heterocycles. The molecule has 0 N–H and O–H groups in total. The first-order valence-electron chi connectivity index (χ1n) is 7.70. The molecule has 0 saturated carbocycles. The average molecular weight is 334 g/mol. The molecule has 7 heteroatoms. The molecule has 0 aliphatic carbocycles. The molecule has 6 nitrogen and oxygen atoms in total. The third-order valence-corrected chi connectivity index (χ3v) is 4.87. The van der Waals surface area contributed by atoms with Crippen molar-refractivity contribution in [2.75, 3.05) is 24.6 Å². The highest BCUT2D eigenvalue weighted by Crippen LogP contribution is 2.30. The van der Waals surface area contributed by atoms with Gasteiger partial charge < -0.3 is 14.2 Å². The van der Waals surface area contributed by atoms with Crippen molar-refractivity contribution in [2.45, 2.75) is 32.3 Å². The zero-order valence-electron chi connectivity index (χ0n) is 13.9. The van der Waals surface area contributed by atoms with E-state index in [1.54, 1.807) is 35.3 Å². The van der Waals surface area contributed by atoms with Crippen LogP contribution in [0, 0.1) is 0 Å². The van der Waals surface area contributed by atoms with Crippen molar-refractivity contribution in [3.05, 3.63) is 38.8 Å². The number of aromatic nitrogens is 3. The highest BCUT2D eigenvalue weighted by Gasteiger charge is 2.28. The van der Waals surface area contributed by atoms with Gasteiger partial charge in [-0.1, -0.05) is 20.8 Å². The Hall–Kier alpha value is -1.73. The first-order chi connectivity index (χ1) is 10.9. The predicted octanol–water partition coefficient (Wildman–Crippen LogP) is 2.11. The standard InChI is InChI=1S/C16H22N4O2S/c1-16(2,3)12-10-23-14(18-12)11-9-20(7-8-22-11)13-15(21)19(4)6-5-17-13/h5-6,10-11H,7-9H2,1-4H3/t11-/m1/s1. The Morgan fingerprint density at radius 2 is 2.17 bits per heavy atom. The summed E-state index contributed by atoms with van der Waals surface area (Å²) in [7, 11) is 1.74. The molecule has 1 fully saturated rings. The minimum atomic E-state index is -0.114. The van der Waals surface area contributed by atoms with Crippen LogP contribution >= 0.6 is 11.3 Å². The summed E-state index contributed by atoms with van der Waals surface area (Å²) in [6.07, 6.45) is 3.21. The van der Waals surface area contributed by atoms with Gasteiger partial charge in [0.25, 0.3) is 5.56 Å². The van der Waals surface area contributed by atoms with Crippen LogP contribution in [0.2, 0.25) is 0 Å². The average Bonchev–Trinajstić information content (AvgIpc) is 3.00. The number of thiazole rings is 1. The number of hydrogen-bond donors (Lipinski definition) is 0. The Bertz CT molecular complexity index is 747. The highest BCUT2D eigenvalue weighted by atomic mass is 32.1. The van der Waals surface area contributed by atoms with E-state index < -0.39 is 0 Å². The number of ether oxygens (including phenoxy) is 1. The smallest absolute Gasteiger partial charge is 0.293 e. The number of nitrogens with zero attached hydrogens (tertiary/aromatic N) is 4. The lowest BCUT2D eigenvalue weighted by Crippen LogP contribution is -2.42. The van der Waals surface area contributed by atoms with E-state index in [1.807, 2.05) is 4.90 Å². The lowest BCUT2D eigenvalue weighted by atomic mass is 9.93. The van der Waals surface area contributed by atoms with E-state index in [0.717, 1.165) is 10.7 Å². The van der Waals surface area contributed by atoms with Crippen LogP contribution in [0.15, 0.2) is 22.6 Å². The molecule has 1 aliphatic heterocycles. The molecule has 0 spiro atoms. The molecule has 2 aromatic rings. The van der Waals surface area contributed by atoms with E-state index in [0.29, 0.717) is 25.5 Å². The van der Waals surface area contributed by atoms with Crippen LogP contribution in [0.5, 0.6) is 0 Å². The van der Waals surface area contributed by atoms with Gasteiger partial charge in [-0.15, -0.1) is 11.3 Å². The van der Waals surface area contributed by atoms with Crippen LogP contribution in [0.25, 0.3) is 0 Å². The molecule has 124 valence electrons. The molecule has 0 bridgehead atoms. The zero-order chi connectivity index (χ0) is 16.6. The fourth-order valence-corrected chi connectivity index (χ4v) is 3.56. The molecule has 3 heterocycles. The van der Waals surface area contributed by atoms with E-state index in [-0.39, 0.29) is 17.1 Å². The molecule has 0 unspecified atom stereocenters. The summed E-state index contributed by atoms with van der Waals surface area (Å²) >= 11 is 1.62. The maximum Gasteiger partial charge on any atom is 0.293 e. The SMILES string of the molecule is Cn1ccnc(N2CCO[C@@H](c3nc(C(C)(C)C)cs3)C2)c1=O. The second-order valence-corrected chi connectivity index (χ2v) is 7.68. The van der Waals surface area contributed by atoms with Gasteiger partial charge in [0.2, 0.25) is 0 Å². The fourth-order valence-electron chi connectivity index (χ4n) is 2.47. The normalized spacial score (nSPS) is 19.1. The zero-order valence-corrected chi connectivity index (χ0v) is 14.8. The van der Waals surface area contributed by atoms with Crippen molar-refractivity contribution < 1.29 is 4.74 Å². The van der Waals surface area contributed by atoms with Crippen LogP contribution < -0.4 is 10.5 Å². The Kier molecular flexibility index (Phi) is 4.25. The van der Waals surface area contributed by atoms with Gasteiger partial charge in [-0.05, 0) is 0 Å². The van der Waals surface area contributed by atoms with Crippen molar-refractivity contribution in [1.29, 1.82) is 0 Å². The Morgan fingerprint density at radius 1 is 1.39 bits per heavy atom. The van der Waals surface area contributed by atoms with Gasteiger partial charge in [-0.3, -0.25) is 4.79 Å². The summed E-state index contributed by atoms with van der Waals surface area (Å²) in [4.78, 5) is 23.2. The van der Waals surface area contributed by atoms with Gasteiger partial charge in [-0.25, -0.2) is 9.97 Å². The number of anilines is 1. The first-order valence-corrected chi connectivity index (χ1v) is 8.58. The third-order valence-electron chi connectivity index (χ3n) is 3.93. The summed E-state index contributed by atoms with van der Waals surface area (Å²) in [5.41, 5.74) is 1.02. The van der Waals surface area contributed by atoms with Crippen molar-refractivity contribution >= 4 is 17.2 Å². The lowest BCUT2D eigenvalue weighted by molar-refractivity contribution is 0.0391. The minimum Gasteiger partial charge on any atom is -0.367 e. The van der Waals surface area contributed by atoms with Crippen molar-refractivity contribution in [1.82, 2.24) is 14.5 Å². The number of morpholine rings is 1. The quantitative estimate of drug-likeness (QED) is 0.842. The third kappa shape index (κ3) is 3.30. The molecule has 1 atom stereocenters.